The van der Waals surface area contributed by atoms with Crippen molar-refractivity contribution in [3.8, 4) is 11.5 Å². The Kier molecular flexibility index (Phi) is 7.31. The van der Waals surface area contributed by atoms with Crippen molar-refractivity contribution in [2.75, 3.05) is 27.4 Å². The zero-order valence-corrected chi connectivity index (χ0v) is 17.6. The zero-order valence-electron chi connectivity index (χ0n) is 17.6. The maximum absolute atomic E-state index is 15.7. The fourth-order valence-corrected chi connectivity index (χ4v) is 2.94. The first kappa shape index (κ1) is 22.5. The Morgan fingerprint density at radius 2 is 1.79 bits per heavy atom. The van der Waals surface area contributed by atoms with E-state index in [0.717, 1.165) is 0 Å². The molecule has 1 fully saturated rings. The molecule has 154 valence electrons. The van der Waals surface area contributed by atoms with E-state index in [0.29, 0.717) is 42.3 Å². The number of halogens is 1. The fourth-order valence-electron chi connectivity index (χ4n) is 2.94. The molecular formula is C21H30BFO5. The molecule has 0 amide bonds. The molecule has 1 aromatic rings. The van der Waals surface area contributed by atoms with Gasteiger partial charge in [-0.25, -0.2) is 4.39 Å². The van der Waals surface area contributed by atoms with Crippen LogP contribution in [0.4, 0.5) is 4.39 Å². The highest BCUT2D eigenvalue weighted by molar-refractivity contribution is 6.55. The number of hydrogen-bond acceptors (Lipinski definition) is 5. The molecule has 1 saturated heterocycles. The minimum Gasteiger partial charge on any atom is -0.493 e. The van der Waals surface area contributed by atoms with Crippen molar-refractivity contribution in [3.63, 3.8) is 0 Å². The average molecular weight is 392 g/mol. The molecule has 5 nitrogen and oxygen atoms in total. The van der Waals surface area contributed by atoms with Gasteiger partial charge in [0.05, 0.1) is 38.6 Å². The van der Waals surface area contributed by atoms with E-state index in [-0.39, 0.29) is 0 Å². The molecule has 7 heteroatoms. The molecular weight excluding hydrogens is 362 g/mol. The predicted octanol–water partition coefficient (Wildman–Crippen LogP) is 4.61. The van der Waals surface area contributed by atoms with E-state index in [4.69, 9.17) is 23.5 Å². The van der Waals surface area contributed by atoms with E-state index in [2.05, 4.69) is 6.58 Å². The molecule has 1 aromatic carbocycles. The molecule has 2 rings (SSSR count). The summed E-state index contributed by atoms with van der Waals surface area (Å²) in [6, 6.07) is 5.34. The summed E-state index contributed by atoms with van der Waals surface area (Å²) in [5.41, 5.74) is -0.794. The van der Waals surface area contributed by atoms with Gasteiger partial charge in [0.1, 0.15) is 5.73 Å². The van der Waals surface area contributed by atoms with Gasteiger partial charge in [0.15, 0.2) is 11.5 Å². The first-order chi connectivity index (χ1) is 13.2. The van der Waals surface area contributed by atoms with Gasteiger partial charge in [0.25, 0.3) is 0 Å². The van der Waals surface area contributed by atoms with Gasteiger partial charge in [-0.3, -0.25) is 0 Å². The van der Waals surface area contributed by atoms with E-state index in [1.54, 1.807) is 31.4 Å². The van der Waals surface area contributed by atoms with Crippen LogP contribution in [0.25, 0.3) is 5.57 Å². The van der Waals surface area contributed by atoms with E-state index in [1.165, 1.54) is 7.11 Å². The summed E-state index contributed by atoms with van der Waals surface area (Å²) in [7, 11) is 1.97. The molecule has 1 heterocycles. The largest absolute Gasteiger partial charge is 0.525 e. The van der Waals surface area contributed by atoms with Crippen LogP contribution in [-0.4, -0.2) is 45.8 Å². The maximum atomic E-state index is 15.7. The number of hydrogen-bond donors (Lipinski definition) is 0. The highest BCUT2D eigenvalue weighted by Crippen LogP contribution is 2.43. The zero-order chi connectivity index (χ0) is 20.9. The first-order valence-corrected chi connectivity index (χ1v) is 9.32. The van der Waals surface area contributed by atoms with Crippen molar-refractivity contribution in [3.05, 3.63) is 42.1 Å². The van der Waals surface area contributed by atoms with Crippen LogP contribution in [0.5, 0.6) is 11.5 Å². The lowest BCUT2D eigenvalue weighted by atomic mass is 9.81. The summed E-state index contributed by atoms with van der Waals surface area (Å²) < 4.78 is 43.8. The normalized spacial score (nSPS) is 18.6. The summed E-state index contributed by atoms with van der Waals surface area (Å²) in [5.74, 6) is 0.974. The lowest BCUT2D eigenvalue weighted by molar-refractivity contribution is 0.00578. The van der Waals surface area contributed by atoms with Gasteiger partial charge in [-0.15, -0.1) is 6.58 Å². The highest BCUT2D eigenvalue weighted by Gasteiger charge is 2.53. The maximum Gasteiger partial charge on any atom is 0.525 e. The van der Waals surface area contributed by atoms with Gasteiger partial charge in [0, 0.05) is 5.56 Å². The van der Waals surface area contributed by atoms with Crippen molar-refractivity contribution >= 4 is 12.7 Å². The molecule has 1 aliphatic heterocycles. The van der Waals surface area contributed by atoms with Crippen molar-refractivity contribution < 1.29 is 27.9 Å². The van der Waals surface area contributed by atoms with Gasteiger partial charge in [0.2, 0.25) is 0 Å². The Morgan fingerprint density at radius 3 is 2.32 bits per heavy atom. The van der Waals surface area contributed by atoms with Gasteiger partial charge < -0.3 is 23.5 Å². The van der Waals surface area contributed by atoms with Crippen molar-refractivity contribution in [1.29, 1.82) is 0 Å². The number of rotatable bonds is 9. The monoisotopic (exact) mass is 392 g/mol. The third-order valence-electron chi connectivity index (χ3n) is 5.21. The van der Waals surface area contributed by atoms with Crippen LogP contribution in [0.1, 0.15) is 39.7 Å². The smallest absolute Gasteiger partial charge is 0.493 e. The Balaban J connectivity index is 2.48. The summed E-state index contributed by atoms with van der Waals surface area (Å²) in [5, 5.41) is 0. The van der Waals surface area contributed by atoms with E-state index in [9.17, 15) is 0 Å². The number of para-hydroxylation sites is 1. The summed E-state index contributed by atoms with van der Waals surface area (Å²) in [6.07, 6.45) is 1.97. The predicted molar refractivity (Wildman–Crippen MR) is 109 cm³/mol. The van der Waals surface area contributed by atoms with Gasteiger partial charge >= 0.3 is 7.12 Å². The summed E-state index contributed by atoms with van der Waals surface area (Å²) in [6.45, 7) is 11.9. The summed E-state index contributed by atoms with van der Waals surface area (Å²) in [4.78, 5) is 0. The quantitative estimate of drug-likeness (QED) is 0.349. The average Bonchev–Trinajstić information content (AvgIpc) is 2.88. The molecule has 0 unspecified atom stereocenters. The second-order valence-electron chi connectivity index (χ2n) is 7.57. The van der Waals surface area contributed by atoms with Gasteiger partial charge in [-0.05, 0) is 45.8 Å². The third kappa shape index (κ3) is 4.59. The van der Waals surface area contributed by atoms with Crippen molar-refractivity contribution in [2.45, 2.75) is 45.3 Å². The minimum atomic E-state index is -1.10. The Morgan fingerprint density at radius 1 is 1.14 bits per heavy atom. The van der Waals surface area contributed by atoms with E-state index >= 15 is 4.39 Å². The molecule has 0 saturated carbocycles. The Bertz CT molecular complexity index is 714. The topological polar surface area (TPSA) is 46.2 Å². The Labute approximate surface area is 167 Å². The van der Waals surface area contributed by atoms with Crippen LogP contribution in [-0.2, 0) is 14.0 Å². The van der Waals surface area contributed by atoms with Crippen LogP contribution < -0.4 is 9.47 Å². The minimum absolute atomic E-state index is 0.313. The van der Waals surface area contributed by atoms with Gasteiger partial charge in [-0.1, -0.05) is 18.2 Å². The molecule has 0 aromatic heterocycles. The van der Waals surface area contributed by atoms with Crippen LogP contribution in [0.3, 0.4) is 0 Å². The molecule has 1 aliphatic rings. The fraction of sp³-hybridized carbons (Fsp3) is 0.524. The molecule has 28 heavy (non-hydrogen) atoms. The standard InChI is InChI=1S/C21H30BFO5/c1-8-13-26-14-12-16(15-10-9-11-17(24-6)18(15)25-7)19(23)22-27-20(2,3)21(4,5)28-22/h8-11H,1,12-14H2,2-7H3. The molecule has 0 bridgehead atoms. The molecule has 0 atom stereocenters. The molecule has 0 radical (unpaired) electrons. The SMILES string of the molecule is C=CCOCCC(=C(F)B1OC(C)(C)C(C)(C)O1)c1cccc(OC)c1OC. The van der Waals surface area contributed by atoms with Crippen LogP contribution in [0.15, 0.2) is 36.6 Å². The highest BCUT2D eigenvalue weighted by atomic mass is 19.1. The number of benzene rings is 1. The van der Waals surface area contributed by atoms with Gasteiger partial charge in [-0.2, -0.15) is 0 Å². The second kappa shape index (κ2) is 9.12. The first-order valence-electron chi connectivity index (χ1n) is 9.32. The number of methoxy groups -OCH3 is 2. The van der Waals surface area contributed by atoms with Crippen molar-refractivity contribution in [2.24, 2.45) is 0 Å². The van der Waals surface area contributed by atoms with E-state index < -0.39 is 24.0 Å². The number of ether oxygens (including phenoxy) is 3. The molecule has 0 spiro atoms. The lowest BCUT2D eigenvalue weighted by Gasteiger charge is -2.32. The van der Waals surface area contributed by atoms with Crippen molar-refractivity contribution in [1.82, 2.24) is 0 Å². The summed E-state index contributed by atoms with van der Waals surface area (Å²) >= 11 is 0. The third-order valence-corrected chi connectivity index (χ3v) is 5.21. The second-order valence-corrected chi connectivity index (χ2v) is 7.57. The van der Waals surface area contributed by atoms with E-state index in [1.807, 2.05) is 27.7 Å². The Hall–Kier alpha value is -1.83. The molecule has 0 N–H and O–H groups in total. The lowest BCUT2D eigenvalue weighted by Crippen LogP contribution is -2.41. The van der Waals surface area contributed by atoms with Crippen LogP contribution >= 0.6 is 0 Å². The molecule has 0 aliphatic carbocycles. The van der Waals surface area contributed by atoms with Crippen LogP contribution in [0, 0.1) is 0 Å². The van der Waals surface area contributed by atoms with Crippen LogP contribution in [0.2, 0.25) is 0 Å².